The minimum atomic E-state index is -1.16. The molecule has 0 spiro atoms. The van der Waals surface area contributed by atoms with E-state index in [2.05, 4.69) is 0 Å². The van der Waals surface area contributed by atoms with Gasteiger partial charge in [-0.3, -0.25) is 0 Å². The molecule has 7 nitrogen and oxygen atoms in total. The van der Waals surface area contributed by atoms with Crippen molar-refractivity contribution >= 4 is 17.6 Å². The first kappa shape index (κ1) is 21.5. The molecule has 0 radical (unpaired) electrons. The number of ether oxygens (including phenoxy) is 2. The third-order valence-electron chi connectivity index (χ3n) is 4.89. The smallest absolute Gasteiger partial charge is 0.339 e. The second-order valence-electron chi connectivity index (χ2n) is 7.03. The molecule has 4 aromatic carbocycles. The first-order valence-electron chi connectivity index (χ1n) is 9.94. The average Bonchev–Trinajstić information content (AvgIpc) is 2.82. The van der Waals surface area contributed by atoms with Crippen LogP contribution in [0.4, 0.5) is 5.69 Å². The van der Waals surface area contributed by atoms with Crippen LogP contribution in [0.3, 0.4) is 0 Å². The Kier molecular flexibility index (Phi) is 5.95. The van der Waals surface area contributed by atoms with Gasteiger partial charge in [-0.05, 0) is 42.0 Å². The minimum Gasteiger partial charge on any atom is -0.478 e. The summed E-state index contributed by atoms with van der Waals surface area (Å²) in [6, 6.07) is 25.0. The highest BCUT2D eigenvalue weighted by atomic mass is 16.5. The molecule has 0 saturated heterocycles. The second kappa shape index (κ2) is 9.15. The lowest BCUT2D eigenvalue weighted by Gasteiger charge is -2.19. The van der Waals surface area contributed by atoms with Gasteiger partial charge in [0.2, 0.25) is 0 Å². The fourth-order valence-electron chi connectivity index (χ4n) is 3.31. The summed E-state index contributed by atoms with van der Waals surface area (Å²) in [7, 11) is 0. The quantitative estimate of drug-likeness (QED) is 0.305. The third kappa shape index (κ3) is 4.47. The fraction of sp³-hybridized carbons (Fsp3) is 0. The first-order chi connectivity index (χ1) is 16.0. The van der Waals surface area contributed by atoms with Gasteiger partial charge in [0.15, 0.2) is 11.5 Å². The Labute approximate surface area is 189 Å². The number of hydrogen-bond donors (Lipinski definition) is 3. The molecule has 0 aromatic heterocycles. The Morgan fingerprint density at radius 3 is 1.64 bits per heavy atom. The summed E-state index contributed by atoms with van der Waals surface area (Å²) in [5.41, 5.74) is 7.68. The first-order valence-corrected chi connectivity index (χ1v) is 9.94. The number of carbonyl (C=O) groups is 2. The highest BCUT2D eigenvalue weighted by Crippen LogP contribution is 2.47. The van der Waals surface area contributed by atoms with Gasteiger partial charge in [0.1, 0.15) is 22.6 Å². The Bertz CT molecular complexity index is 1330. The van der Waals surface area contributed by atoms with E-state index in [9.17, 15) is 19.8 Å². The number of carboxylic acids is 2. The molecule has 0 bridgehead atoms. The lowest BCUT2D eigenvalue weighted by molar-refractivity contribution is 0.0682. The zero-order valence-corrected chi connectivity index (χ0v) is 17.3. The molecule has 4 rings (SSSR count). The molecule has 0 aliphatic carbocycles. The molecule has 0 amide bonds. The monoisotopic (exact) mass is 441 g/mol. The van der Waals surface area contributed by atoms with Crippen molar-refractivity contribution in [2.24, 2.45) is 0 Å². The van der Waals surface area contributed by atoms with Crippen LogP contribution in [0.2, 0.25) is 0 Å². The van der Waals surface area contributed by atoms with Crippen LogP contribution in [0.1, 0.15) is 20.7 Å². The van der Waals surface area contributed by atoms with Crippen molar-refractivity contribution < 1.29 is 29.3 Å². The zero-order chi connectivity index (χ0) is 23.4. The topological polar surface area (TPSA) is 119 Å². The Morgan fingerprint density at radius 2 is 1.09 bits per heavy atom. The van der Waals surface area contributed by atoms with Gasteiger partial charge in [-0.2, -0.15) is 0 Å². The Morgan fingerprint density at radius 1 is 0.606 bits per heavy atom. The molecule has 0 fully saturated rings. The predicted octanol–water partition coefficient (Wildman–Crippen LogP) is 5.92. The molecule has 0 unspecified atom stereocenters. The molecular formula is C26H19NO6. The number of benzene rings is 4. The van der Waals surface area contributed by atoms with Gasteiger partial charge in [-0.15, -0.1) is 0 Å². The summed E-state index contributed by atoms with van der Waals surface area (Å²) in [5, 5.41) is 19.1. The van der Waals surface area contributed by atoms with Gasteiger partial charge in [-0.25, -0.2) is 9.59 Å². The predicted molar refractivity (Wildman–Crippen MR) is 123 cm³/mol. The molecule has 7 heteroatoms. The van der Waals surface area contributed by atoms with E-state index in [-0.39, 0.29) is 39.8 Å². The van der Waals surface area contributed by atoms with Crippen LogP contribution in [0.5, 0.6) is 23.0 Å². The maximum atomic E-state index is 11.7. The Hall–Kier alpha value is -4.78. The number of hydrogen-bond acceptors (Lipinski definition) is 5. The average molecular weight is 441 g/mol. The summed E-state index contributed by atoms with van der Waals surface area (Å²) in [4.78, 5) is 23.4. The van der Waals surface area contributed by atoms with Crippen molar-refractivity contribution in [1.29, 1.82) is 0 Å². The summed E-state index contributed by atoms with van der Waals surface area (Å²) in [5.74, 6) is -1.93. The van der Waals surface area contributed by atoms with Crippen LogP contribution >= 0.6 is 0 Å². The summed E-state index contributed by atoms with van der Waals surface area (Å²) in [6.45, 7) is 0. The van der Waals surface area contributed by atoms with Crippen molar-refractivity contribution in [3.63, 3.8) is 0 Å². The van der Waals surface area contributed by atoms with Crippen molar-refractivity contribution in [1.82, 2.24) is 0 Å². The summed E-state index contributed by atoms with van der Waals surface area (Å²) >= 11 is 0. The van der Waals surface area contributed by atoms with Crippen LogP contribution in [-0.4, -0.2) is 22.2 Å². The normalized spacial score (nSPS) is 10.4. The van der Waals surface area contributed by atoms with E-state index in [1.54, 1.807) is 36.4 Å². The van der Waals surface area contributed by atoms with E-state index in [0.29, 0.717) is 5.56 Å². The van der Waals surface area contributed by atoms with E-state index in [0.717, 1.165) is 5.56 Å². The van der Waals surface area contributed by atoms with Crippen molar-refractivity contribution in [2.45, 2.75) is 0 Å². The largest absolute Gasteiger partial charge is 0.478 e. The van der Waals surface area contributed by atoms with Gasteiger partial charge in [0, 0.05) is 5.56 Å². The van der Waals surface area contributed by atoms with E-state index < -0.39 is 11.9 Å². The molecule has 33 heavy (non-hydrogen) atoms. The number of carboxylic acid groups (broad SMARTS) is 2. The number of rotatable bonds is 7. The number of nitrogens with two attached hydrogens (primary N) is 1. The lowest BCUT2D eigenvalue weighted by atomic mass is 10.0. The number of para-hydroxylation sites is 2. The van der Waals surface area contributed by atoms with Crippen molar-refractivity contribution in [2.75, 3.05) is 5.73 Å². The fourth-order valence-corrected chi connectivity index (χ4v) is 3.31. The third-order valence-corrected chi connectivity index (χ3v) is 4.89. The van der Waals surface area contributed by atoms with Gasteiger partial charge in [0.25, 0.3) is 0 Å². The highest BCUT2D eigenvalue weighted by Gasteiger charge is 2.22. The summed E-state index contributed by atoms with van der Waals surface area (Å²) in [6.07, 6.45) is 0. The van der Waals surface area contributed by atoms with Gasteiger partial charge in [-0.1, -0.05) is 54.6 Å². The van der Waals surface area contributed by atoms with Crippen molar-refractivity contribution in [3.05, 3.63) is 102 Å². The van der Waals surface area contributed by atoms with Crippen LogP contribution in [0.15, 0.2) is 91.0 Å². The molecule has 0 heterocycles. The van der Waals surface area contributed by atoms with E-state index >= 15 is 0 Å². The molecule has 4 aromatic rings. The molecule has 0 atom stereocenters. The van der Waals surface area contributed by atoms with E-state index in [1.807, 2.05) is 30.3 Å². The molecule has 0 saturated carbocycles. The molecule has 0 aliphatic rings. The van der Waals surface area contributed by atoms with Crippen LogP contribution in [0.25, 0.3) is 11.1 Å². The van der Waals surface area contributed by atoms with Crippen LogP contribution < -0.4 is 15.2 Å². The standard InChI is InChI=1S/C26H19NO6/c27-20-15-14-17(16-8-2-1-3-9-16)23(32-21-12-6-4-10-18(21)25(28)29)24(20)33-22-13-7-5-11-19(22)26(30)31/h1-15H,27H2,(H,28,29)(H,30,31). The molecular weight excluding hydrogens is 422 g/mol. The van der Waals surface area contributed by atoms with Gasteiger partial charge < -0.3 is 25.4 Å². The second-order valence-corrected chi connectivity index (χ2v) is 7.03. The van der Waals surface area contributed by atoms with E-state index in [1.165, 1.54) is 24.3 Å². The molecule has 164 valence electrons. The van der Waals surface area contributed by atoms with Gasteiger partial charge >= 0.3 is 11.9 Å². The summed E-state index contributed by atoms with van der Waals surface area (Å²) < 4.78 is 12.1. The highest BCUT2D eigenvalue weighted by molar-refractivity contribution is 5.92. The lowest BCUT2D eigenvalue weighted by Crippen LogP contribution is -2.04. The van der Waals surface area contributed by atoms with E-state index in [4.69, 9.17) is 15.2 Å². The minimum absolute atomic E-state index is 0.0455. The SMILES string of the molecule is Nc1ccc(-c2ccccc2)c(Oc2ccccc2C(=O)O)c1Oc1ccccc1C(=O)O. The number of nitrogen functional groups attached to an aromatic ring is 1. The zero-order valence-electron chi connectivity index (χ0n) is 17.3. The van der Waals surface area contributed by atoms with Gasteiger partial charge in [0.05, 0.1) is 5.69 Å². The van der Waals surface area contributed by atoms with Crippen molar-refractivity contribution in [3.8, 4) is 34.1 Å². The maximum absolute atomic E-state index is 11.7. The molecule has 4 N–H and O–H groups in total. The van der Waals surface area contributed by atoms with Crippen LogP contribution in [-0.2, 0) is 0 Å². The van der Waals surface area contributed by atoms with Crippen LogP contribution in [0, 0.1) is 0 Å². The molecule has 0 aliphatic heterocycles. The Balaban J connectivity index is 1.92. The number of aromatic carboxylic acids is 2. The maximum Gasteiger partial charge on any atom is 0.339 e. The number of anilines is 1.